The second kappa shape index (κ2) is 5.22. The van der Waals surface area contributed by atoms with Crippen LogP contribution in [-0.2, 0) is 0 Å². The molecule has 2 N–H and O–H groups in total. The first kappa shape index (κ1) is 9.42. The maximum atomic E-state index is 5.56. The molecule has 0 aromatic heterocycles. The fraction of sp³-hybridized carbons (Fsp3) is 1.00. The molecule has 0 aliphatic heterocycles. The highest BCUT2D eigenvalue weighted by molar-refractivity contribution is 14.1. The van der Waals surface area contributed by atoms with Gasteiger partial charge < -0.3 is 5.73 Å². The number of hydrogen-bond acceptors (Lipinski definition) is 1. The van der Waals surface area contributed by atoms with Crippen LogP contribution in [-0.4, -0.2) is 14.4 Å². The molecule has 0 radical (unpaired) electrons. The Bertz CT molecular complexity index is 56.4. The third-order valence-corrected chi connectivity index (χ3v) is 4.49. The molecule has 0 saturated heterocycles. The second-order valence-electron chi connectivity index (χ2n) is 1.96. The van der Waals surface area contributed by atoms with Gasteiger partial charge >= 0.3 is 0 Å². The van der Waals surface area contributed by atoms with E-state index in [1.165, 1.54) is 4.43 Å². The summed E-state index contributed by atoms with van der Waals surface area (Å²) < 4.78 is 1.97. The van der Waals surface area contributed by atoms with Crippen molar-refractivity contribution in [3.05, 3.63) is 0 Å². The lowest BCUT2D eigenvalue weighted by Crippen LogP contribution is -2.19. The van der Waals surface area contributed by atoms with E-state index < -0.39 is 0 Å². The summed E-state index contributed by atoms with van der Waals surface area (Å²) in [7, 11) is 0. The summed E-state index contributed by atoms with van der Waals surface area (Å²) in [6.45, 7) is 2.05. The van der Waals surface area contributed by atoms with Crippen molar-refractivity contribution in [3.63, 3.8) is 0 Å². The van der Waals surface area contributed by atoms with Crippen LogP contribution in [0.3, 0.4) is 0 Å². The summed E-state index contributed by atoms with van der Waals surface area (Å²) in [4.78, 5) is 0. The molecular weight excluding hydrogens is 328 g/mol. The van der Waals surface area contributed by atoms with Crippen molar-refractivity contribution in [1.82, 2.24) is 0 Å². The van der Waals surface area contributed by atoms with Crippen LogP contribution in [0.2, 0.25) is 0 Å². The monoisotopic (exact) mass is 339 g/mol. The van der Waals surface area contributed by atoms with Crippen molar-refractivity contribution in [1.29, 1.82) is 0 Å². The molecule has 0 aliphatic rings. The zero-order valence-electron chi connectivity index (χ0n) is 4.90. The third kappa shape index (κ3) is 5.55. The van der Waals surface area contributed by atoms with E-state index in [-0.39, 0.29) is 0 Å². The van der Waals surface area contributed by atoms with Crippen LogP contribution in [0.1, 0.15) is 13.3 Å². The predicted octanol–water partition coefficient (Wildman–Crippen LogP) is 1.96. The fourth-order valence-corrected chi connectivity index (χ4v) is 1.63. The molecule has 0 rings (SSSR count). The summed E-state index contributed by atoms with van der Waals surface area (Å²) in [5, 5.41) is 0. The van der Waals surface area contributed by atoms with Gasteiger partial charge in [0.15, 0.2) is 0 Å². The van der Waals surface area contributed by atoms with Crippen LogP contribution in [0.4, 0.5) is 0 Å². The lowest BCUT2D eigenvalue weighted by molar-refractivity contribution is 0.680. The van der Waals surface area contributed by atoms with Gasteiger partial charge in [-0.2, -0.15) is 0 Å². The Balaban J connectivity index is 3.10. The van der Waals surface area contributed by atoms with Crippen molar-refractivity contribution < 1.29 is 0 Å². The SMILES string of the molecule is CC(N)CC(I)CI. The molecule has 1 nitrogen and oxygen atoms in total. The van der Waals surface area contributed by atoms with Crippen LogP contribution in [0, 0.1) is 0 Å². The van der Waals surface area contributed by atoms with Gasteiger partial charge in [-0.3, -0.25) is 0 Å². The zero-order chi connectivity index (χ0) is 6.57. The smallest absolute Gasteiger partial charge is 0.0214 e. The Morgan fingerprint density at radius 2 is 2.12 bits per heavy atom. The molecule has 0 heterocycles. The molecular formula is C5H11I2N. The first-order valence-electron chi connectivity index (χ1n) is 2.62. The van der Waals surface area contributed by atoms with Gasteiger partial charge in [0.05, 0.1) is 0 Å². The average molecular weight is 339 g/mol. The van der Waals surface area contributed by atoms with E-state index in [2.05, 4.69) is 52.1 Å². The molecule has 50 valence electrons. The second-order valence-corrected chi connectivity index (χ2v) is 4.61. The van der Waals surface area contributed by atoms with Crippen LogP contribution >= 0.6 is 45.2 Å². The van der Waals surface area contributed by atoms with Gasteiger partial charge in [-0.25, -0.2) is 0 Å². The molecule has 0 bridgehead atoms. The summed E-state index contributed by atoms with van der Waals surface area (Å²) in [5.41, 5.74) is 5.56. The summed E-state index contributed by atoms with van der Waals surface area (Å²) >= 11 is 4.82. The molecule has 0 amide bonds. The Morgan fingerprint density at radius 1 is 1.62 bits per heavy atom. The normalized spacial score (nSPS) is 18.0. The highest BCUT2D eigenvalue weighted by Gasteiger charge is 2.02. The summed E-state index contributed by atoms with van der Waals surface area (Å²) in [6, 6.07) is 0.367. The van der Waals surface area contributed by atoms with Gasteiger partial charge in [0.25, 0.3) is 0 Å². The van der Waals surface area contributed by atoms with E-state index in [1.807, 2.05) is 0 Å². The van der Waals surface area contributed by atoms with E-state index in [0.717, 1.165) is 10.3 Å². The third-order valence-electron chi connectivity index (χ3n) is 0.795. The lowest BCUT2D eigenvalue weighted by Gasteiger charge is -2.07. The lowest BCUT2D eigenvalue weighted by atomic mass is 10.2. The van der Waals surface area contributed by atoms with E-state index >= 15 is 0 Å². The Morgan fingerprint density at radius 3 is 2.25 bits per heavy atom. The molecule has 2 unspecified atom stereocenters. The Hall–Kier alpha value is 1.42. The fourth-order valence-electron chi connectivity index (χ4n) is 0.466. The van der Waals surface area contributed by atoms with Crippen LogP contribution in [0.25, 0.3) is 0 Å². The topological polar surface area (TPSA) is 26.0 Å². The number of halogens is 2. The van der Waals surface area contributed by atoms with Gasteiger partial charge in [0, 0.05) is 14.4 Å². The van der Waals surface area contributed by atoms with Crippen molar-refractivity contribution in [2.24, 2.45) is 5.73 Å². The van der Waals surface area contributed by atoms with E-state index in [0.29, 0.717) is 6.04 Å². The Kier molecular flexibility index (Phi) is 6.15. The minimum Gasteiger partial charge on any atom is -0.328 e. The average Bonchev–Trinajstić information content (AvgIpc) is 1.65. The number of nitrogens with two attached hydrogens (primary N) is 1. The molecule has 8 heavy (non-hydrogen) atoms. The van der Waals surface area contributed by atoms with Gasteiger partial charge in [0.1, 0.15) is 0 Å². The number of alkyl halides is 2. The highest BCUT2D eigenvalue weighted by atomic mass is 127. The van der Waals surface area contributed by atoms with E-state index in [9.17, 15) is 0 Å². The van der Waals surface area contributed by atoms with Crippen LogP contribution in [0.5, 0.6) is 0 Å². The first-order valence-corrected chi connectivity index (χ1v) is 5.39. The maximum absolute atomic E-state index is 5.56. The molecule has 0 fully saturated rings. The first-order chi connectivity index (χ1) is 3.66. The molecule has 2 atom stereocenters. The molecule has 0 aromatic carbocycles. The highest BCUT2D eigenvalue weighted by Crippen LogP contribution is 2.10. The van der Waals surface area contributed by atoms with Gasteiger partial charge in [-0.05, 0) is 13.3 Å². The summed E-state index contributed by atoms with van der Waals surface area (Å²) in [6.07, 6.45) is 1.14. The molecule has 3 heteroatoms. The van der Waals surface area contributed by atoms with Crippen molar-refractivity contribution in [3.8, 4) is 0 Å². The largest absolute Gasteiger partial charge is 0.328 e. The predicted molar refractivity (Wildman–Crippen MR) is 55.0 cm³/mol. The van der Waals surface area contributed by atoms with Crippen molar-refractivity contribution >= 4 is 45.2 Å². The molecule has 0 aromatic rings. The summed E-state index contributed by atoms with van der Waals surface area (Å²) in [5.74, 6) is 0. The number of hydrogen-bond donors (Lipinski definition) is 1. The van der Waals surface area contributed by atoms with Gasteiger partial charge in [-0.15, -0.1) is 0 Å². The number of rotatable bonds is 3. The Labute approximate surface area is 78.1 Å². The van der Waals surface area contributed by atoms with Gasteiger partial charge in [-0.1, -0.05) is 45.2 Å². The molecule has 0 spiro atoms. The van der Waals surface area contributed by atoms with Crippen LogP contribution in [0.15, 0.2) is 0 Å². The zero-order valence-corrected chi connectivity index (χ0v) is 9.22. The quantitative estimate of drug-likeness (QED) is 0.618. The van der Waals surface area contributed by atoms with Crippen molar-refractivity contribution in [2.75, 3.05) is 4.43 Å². The standard InChI is InChI=1S/C5H11I2N/c1-4(8)2-5(7)3-6/h4-5H,2-3,8H2,1H3. The van der Waals surface area contributed by atoms with Crippen LogP contribution < -0.4 is 5.73 Å². The van der Waals surface area contributed by atoms with E-state index in [4.69, 9.17) is 5.73 Å². The van der Waals surface area contributed by atoms with E-state index in [1.54, 1.807) is 0 Å². The molecule has 0 aliphatic carbocycles. The van der Waals surface area contributed by atoms with Gasteiger partial charge in [0.2, 0.25) is 0 Å². The maximum Gasteiger partial charge on any atom is 0.0214 e. The molecule has 0 saturated carbocycles. The minimum atomic E-state index is 0.367. The minimum absolute atomic E-state index is 0.367. The van der Waals surface area contributed by atoms with Crippen molar-refractivity contribution in [2.45, 2.75) is 23.3 Å².